The maximum absolute atomic E-state index is 12.9. The summed E-state index contributed by atoms with van der Waals surface area (Å²) in [6, 6.07) is 17.1. The number of rotatable bonds is 2. The molecule has 2 aliphatic rings. The molecule has 5 rings (SSSR count). The first-order chi connectivity index (χ1) is 13.7. The lowest BCUT2D eigenvalue weighted by atomic mass is 9.75. The van der Waals surface area contributed by atoms with Crippen molar-refractivity contribution in [3.8, 4) is 17.2 Å². The number of benzene rings is 3. The van der Waals surface area contributed by atoms with Crippen LogP contribution in [0.1, 0.15) is 36.3 Å². The molecule has 1 aliphatic carbocycles. The molecule has 0 saturated heterocycles. The summed E-state index contributed by atoms with van der Waals surface area (Å²) in [5.41, 5.74) is 2.70. The second-order valence-corrected chi connectivity index (χ2v) is 7.30. The zero-order chi connectivity index (χ0) is 19.3. The lowest BCUT2D eigenvalue weighted by molar-refractivity contribution is -0.116. The van der Waals surface area contributed by atoms with Gasteiger partial charge in [-0.1, -0.05) is 24.3 Å². The number of allylic oxidation sites excluding steroid dienone is 2. The van der Waals surface area contributed by atoms with E-state index in [0.29, 0.717) is 6.42 Å². The minimum atomic E-state index is -0.219. The van der Waals surface area contributed by atoms with Crippen molar-refractivity contribution in [3.63, 3.8) is 0 Å². The first-order valence-corrected chi connectivity index (χ1v) is 9.49. The molecular formula is C24H20O4. The number of phenols is 1. The van der Waals surface area contributed by atoms with Gasteiger partial charge in [-0.3, -0.25) is 4.79 Å². The number of aromatic hydroxyl groups is 1. The molecule has 4 nitrogen and oxygen atoms in total. The van der Waals surface area contributed by atoms with E-state index in [0.717, 1.165) is 57.6 Å². The molecule has 1 atom stereocenters. The van der Waals surface area contributed by atoms with Gasteiger partial charge in [-0.15, -0.1) is 0 Å². The number of carbonyl (C=O) groups excluding carboxylic acids is 1. The molecule has 0 fully saturated rings. The average molecular weight is 372 g/mol. The Morgan fingerprint density at radius 3 is 2.61 bits per heavy atom. The van der Waals surface area contributed by atoms with Gasteiger partial charge >= 0.3 is 0 Å². The molecule has 0 amide bonds. The van der Waals surface area contributed by atoms with Crippen molar-refractivity contribution in [2.45, 2.75) is 25.2 Å². The molecule has 4 heteroatoms. The summed E-state index contributed by atoms with van der Waals surface area (Å²) in [4.78, 5) is 12.9. The van der Waals surface area contributed by atoms with Crippen molar-refractivity contribution in [1.82, 2.24) is 0 Å². The smallest absolute Gasteiger partial charge is 0.163 e. The maximum atomic E-state index is 12.9. The van der Waals surface area contributed by atoms with Gasteiger partial charge in [0.1, 0.15) is 23.0 Å². The van der Waals surface area contributed by atoms with Gasteiger partial charge in [0.15, 0.2) is 5.78 Å². The highest BCUT2D eigenvalue weighted by molar-refractivity contribution is 6.02. The summed E-state index contributed by atoms with van der Waals surface area (Å²) in [6.45, 7) is 0. The number of methoxy groups -OCH3 is 1. The van der Waals surface area contributed by atoms with Gasteiger partial charge in [0, 0.05) is 29.9 Å². The van der Waals surface area contributed by atoms with Crippen LogP contribution in [0.5, 0.6) is 17.2 Å². The third-order valence-electron chi connectivity index (χ3n) is 5.67. The van der Waals surface area contributed by atoms with Crippen molar-refractivity contribution in [1.29, 1.82) is 0 Å². The standard InChI is InChI=1S/C24H20O4/c1-27-17-10-6-15(7-11-17)22-23-18-13-16(25)9-5-14(18)8-12-21(23)28-20-4-2-3-19(26)24(20)22/h5-13,22,25H,2-4H2,1H3. The normalized spacial score (nSPS) is 18.5. The maximum Gasteiger partial charge on any atom is 0.163 e. The lowest BCUT2D eigenvalue weighted by Crippen LogP contribution is -2.25. The second kappa shape index (κ2) is 6.41. The number of ketones is 1. The van der Waals surface area contributed by atoms with E-state index in [9.17, 15) is 9.90 Å². The quantitative estimate of drug-likeness (QED) is 0.681. The molecule has 3 aromatic rings. The van der Waals surface area contributed by atoms with Crippen LogP contribution in [-0.2, 0) is 4.79 Å². The van der Waals surface area contributed by atoms with Gasteiger partial charge in [-0.2, -0.15) is 0 Å². The number of carbonyl (C=O) groups is 1. The summed E-state index contributed by atoms with van der Waals surface area (Å²) < 4.78 is 11.5. The first-order valence-electron chi connectivity index (χ1n) is 9.49. The van der Waals surface area contributed by atoms with Gasteiger partial charge in [0.25, 0.3) is 0 Å². The lowest BCUT2D eigenvalue weighted by Gasteiger charge is -2.33. The minimum Gasteiger partial charge on any atom is -0.508 e. The second-order valence-electron chi connectivity index (χ2n) is 7.30. The van der Waals surface area contributed by atoms with Crippen LogP contribution in [0, 0.1) is 0 Å². The van der Waals surface area contributed by atoms with E-state index in [-0.39, 0.29) is 17.5 Å². The van der Waals surface area contributed by atoms with Crippen LogP contribution in [0.25, 0.3) is 10.8 Å². The Balaban J connectivity index is 1.81. The number of hydrogen-bond donors (Lipinski definition) is 1. The van der Waals surface area contributed by atoms with E-state index in [1.165, 1.54) is 0 Å². The number of phenolic OH excluding ortho intramolecular Hbond substituents is 1. The van der Waals surface area contributed by atoms with Crippen LogP contribution in [0.15, 0.2) is 65.9 Å². The largest absolute Gasteiger partial charge is 0.508 e. The van der Waals surface area contributed by atoms with E-state index >= 15 is 0 Å². The number of fused-ring (bicyclic) bond motifs is 3. The monoisotopic (exact) mass is 372 g/mol. The number of ether oxygens (including phenoxy) is 2. The molecule has 140 valence electrons. The van der Waals surface area contributed by atoms with E-state index in [1.807, 2.05) is 42.5 Å². The highest BCUT2D eigenvalue weighted by atomic mass is 16.5. The van der Waals surface area contributed by atoms with E-state index in [4.69, 9.17) is 9.47 Å². The Kier molecular flexibility index (Phi) is 3.86. The van der Waals surface area contributed by atoms with Gasteiger partial charge in [0.2, 0.25) is 0 Å². The Morgan fingerprint density at radius 2 is 1.82 bits per heavy atom. The molecule has 0 radical (unpaired) electrons. The molecule has 1 heterocycles. The van der Waals surface area contributed by atoms with Gasteiger partial charge in [-0.05, 0) is 53.1 Å². The van der Waals surface area contributed by atoms with Crippen LogP contribution in [0.2, 0.25) is 0 Å². The average Bonchev–Trinajstić information content (AvgIpc) is 2.72. The van der Waals surface area contributed by atoms with Crippen LogP contribution >= 0.6 is 0 Å². The Morgan fingerprint density at radius 1 is 1.04 bits per heavy atom. The molecule has 0 spiro atoms. The third kappa shape index (κ3) is 2.56. The fourth-order valence-corrected chi connectivity index (χ4v) is 4.37. The molecule has 1 unspecified atom stereocenters. The first kappa shape index (κ1) is 16.9. The molecule has 1 aliphatic heterocycles. The molecule has 28 heavy (non-hydrogen) atoms. The Hall–Kier alpha value is -3.27. The van der Waals surface area contributed by atoms with Crippen molar-refractivity contribution < 1.29 is 19.4 Å². The van der Waals surface area contributed by atoms with Crippen molar-refractivity contribution in [3.05, 3.63) is 77.1 Å². The van der Waals surface area contributed by atoms with E-state index in [1.54, 1.807) is 19.2 Å². The fraction of sp³-hybridized carbons (Fsp3) is 0.208. The third-order valence-corrected chi connectivity index (χ3v) is 5.67. The van der Waals surface area contributed by atoms with Crippen LogP contribution in [0.3, 0.4) is 0 Å². The highest BCUT2D eigenvalue weighted by Crippen LogP contribution is 2.49. The van der Waals surface area contributed by atoms with E-state index in [2.05, 4.69) is 0 Å². The molecular weight excluding hydrogens is 352 g/mol. The minimum absolute atomic E-state index is 0.143. The highest BCUT2D eigenvalue weighted by Gasteiger charge is 2.37. The van der Waals surface area contributed by atoms with E-state index < -0.39 is 0 Å². The van der Waals surface area contributed by atoms with Crippen LogP contribution < -0.4 is 9.47 Å². The number of Topliss-reactive ketones (excluding diaryl/α,β-unsaturated/α-hetero) is 1. The summed E-state index contributed by atoms with van der Waals surface area (Å²) in [5.74, 6) is 2.43. The topological polar surface area (TPSA) is 55.8 Å². The number of hydrogen-bond acceptors (Lipinski definition) is 4. The van der Waals surface area contributed by atoms with Gasteiger partial charge in [0.05, 0.1) is 7.11 Å². The Bertz CT molecular complexity index is 1130. The molecule has 1 N–H and O–H groups in total. The van der Waals surface area contributed by atoms with Crippen molar-refractivity contribution in [2.24, 2.45) is 0 Å². The summed E-state index contributed by atoms with van der Waals surface area (Å²) in [7, 11) is 1.64. The SMILES string of the molecule is COc1ccc(C2C3=C(CCCC3=O)Oc3ccc4ccc(O)cc4c32)cc1. The van der Waals surface area contributed by atoms with Gasteiger partial charge in [-0.25, -0.2) is 0 Å². The summed E-state index contributed by atoms with van der Waals surface area (Å²) in [5, 5.41) is 12.0. The predicted octanol–water partition coefficient (Wildman–Crippen LogP) is 5.09. The van der Waals surface area contributed by atoms with Gasteiger partial charge < -0.3 is 14.6 Å². The van der Waals surface area contributed by atoms with Crippen molar-refractivity contribution >= 4 is 16.6 Å². The molecule has 0 saturated carbocycles. The molecule has 0 aromatic heterocycles. The molecule has 0 bridgehead atoms. The van der Waals surface area contributed by atoms with Crippen LogP contribution in [-0.4, -0.2) is 18.0 Å². The zero-order valence-electron chi connectivity index (χ0n) is 15.6. The van der Waals surface area contributed by atoms with Crippen LogP contribution in [0.4, 0.5) is 0 Å². The fourth-order valence-electron chi connectivity index (χ4n) is 4.37. The molecule has 3 aromatic carbocycles. The van der Waals surface area contributed by atoms with Crippen molar-refractivity contribution in [2.75, 3.05) is 7.11 Å². The Labute approximate surface area is 163 Å². The zero-order valence-corrected chi connectivity index (χ0v) is 15.6. The summed E-state index contributed by atoms with van der Waals surface area (Å²) >= 11 is 0. The predicted molar refractivity (Wildman–Crippen MR) is 107 cm³/mol. The summed E-state index contributed by atoms with van der Waals surface area (Å²) in [6.07, 6.45) is 2.13.